The largest absolute Gasteiger partial charge is 0.497 e. The molecule has 0 unspecified atom stereocenters. The lowest BCUT2D eigenvalue weighted by atomic mass is 9.92. The maximum absolute atomic E-state index is 13.1. The number of imide groups is 1. The van der Waals surface area contributed by atoms with Crippen LogP contribution in [0.4, 0.5) is 10.5 Å². The molecule has 1 heterocycles. The second-order valence-corrected chi connectivity index (χ2v) is 9.01. The van der Waals surface area contributed by atoms with Crippen molar-refractivity contribution in [2.45, 2.75) is 23.1 Å². The molecule has 0 bridgehead atoms. The van der Waals surface area contributed by atoms with E-state index < -0.39 is 23.4 Å². The number of rotatable bonds is 8. The van der Waals surface area contributed by atoms with Gasteiger partial charge in [0.1, 0.15) is 17.8 Å². The zero-order chi connectivity index (χ0) is 24.1. The third kappa shape index (κ3) is 4.92. The summed E-state index contributed by atoms with van der Waals surface area (Å²) in [5.74, 6) is 0.463. The summed E-state index contributed by atoms with van der Waals surface area (Å²) < 4.78 is 5.16. The molecule has 3 aromatic carbocycles. The maximum atomic E-state index is 13.1. The van der Waals surface area contributed by atoms with Gasteiger partial charge in [-0.3, -0.25) is 14.5 Å². The van der Waals surface area contributed by atoms with E-state index in [1.54, 1.807) is 56.1 Å². The molecule has 1 saturated heterocycles. The van der Waals surface area contributed by atoms with Gasteiger partial charge in [-0.25, -0.2) is 4.79 Å². The van der Waals surface area contributed by atoms with Crippen LogP contribution in [0.15, 0.2) is 83.8 Å². The van der Waals surface area contributed by atoms with E-state index in [1.165, 1.54) is 5.56 Å². The number of nitrogens with zero attached hydrogens (tertiary/aromatic N) is 1. The highest BCUT2D eigenvalue weighted by Gasteiger charge is 2.49. The number of nitrogens with one attached hydrogen (secondary N) is 2. The van der Waals surface area contributed by atoms with E-state index >= 15 is 0 Å². The van der Waals surface area contributed by atoms with E-state index in [1.807, 2.05) is 48.5 Å². The average molecular weight is 476 g/mol. The van der Waals surface area contributed by atoms with Crippen molar-refractivity contribution in [3.8, 4) is 5.75 Å². The minimum atomic E-state index is -1.26. The number of anilines is 1. The highest BCUT2D eigenvalue weighted by Crippen LogP contribution is 2.31. The molecular formula is C26H25N3O4S. The van der Waals surface area contributed by atoms with Gasteiger partial charge in [-0.15, -0.1) is 11.8 Å². The quantitative estimate of drug-likeness (QED) is 0.373. The summed E-state index contributed by atoms with van der Waals surface area (Å²) in [6, 6.07) is 23.8. The van der Waals surface area contributed by atoms with E-state index in [2.05, 4.69) is 10.6 Å². The number of benzene rings is 3. The second-order valence-electron chi connectivity index (χ2n) is 7.99. The van der Waals surface area contributed by atoms with E-state index in [0.29, 0.717) is 17.0 Å². The van der Waals surface area contributed by atoms with Crippen LogP contribution in [0, 0.1) is 0 Å². The Labute approximate surface area is 202 Å². The molecule has 0 aromatic heterocycles. The Bertz CT molecular complexity index is 1200. The van der Waals surface area contributed by atoms with Gasteiger partial charge in [0.15, 0.2) is 0 Å². The molecule has 1 fully saturated rings. The molecule has 1 aliphatic rings. The van der Waals surface area contributed by atoms with Gasteiger partial charge >= 0.3 is 6.03 Å². The number of hydrogen-bond acceptors (Lipinski definition) is 5. The van der Waals surface area contributed by atoms with Crippen LogP contribution in [0.3, 0.4) is 0 Å². The van der Waals surface area contributed by atoms with Gasteiger partial charge < -0.3 is 15.4 Å². The lowest BCUT2D eigenvalue weighted by Gasteiger charge is -2.22. The molecular weight excluding hydrogens is 450 g/mol. The number of urea groups is 1. The van der Waals surface area contributed by atoms with E-state index in [-0.39, 0.29) is 6.54 Å². The van der Waals surface area contributed by atoms with Gasteiger partial charge in [0, 0.05) is 10.6 Å². The maximum Gasteiger partial charge on any atom is 0.325 e. The van der Waals surface area contributed by atoms with Crippen LogP contribution in [0.1, 0.15) is 18.1 Å². The van der Waals surface area contributed by atoms with Gasteiger partial charge in [0.2, 0.25) is 5.91 Å². The number of para-hydroxylation sites is 1. The number of amides is 4. The van der Waals surface area contributed by atoms with Crippen LogP contribution in [0.25, 0.3) is 0 Å². The monoisotopic (exact) mass is 475 g/mol. The zero-order valence-corrected chi connectivity index (χ0v) is 19.7. The molecule has 4 rings (SSSR count). The fraction of sp³-hybridized carbons (Fsp3) is 0.192. The fourth-order valence-electron chi connectivity index (χ4n) is 3.72. The standard InChI is InChI=1S/C26H25N3O4S/c1-26(19-12-14-20(33-2)15-13-19)24(31)29(25(32)28-26)16-23(30)27-21-10-6-7-11-22(21)34-17-18-8-4-3-5-9-18/h3-15H,16-17H2,1-2H3,(H,27,30)(H,28,32)/t26-/m0/s1. The topological polar surface area (TPSA) is 87.7 Å². The van der Waals surface area contributed by atoms with Crippen LogP contribution < -0.4 is 15.4 Å². The molecule has 0 radical (unpaired) electrons. The normalized spacial score (nSPS) is 17.4. The molecule has 4 amide bonds. The highest BCUT2D eigenvalue weighted by atomic mass is 32.2. The van der Waals surface area contributed by atoms with Crippen LogP contribution >= 0.6 is 11.8 Å². The molecule has 34 heavy (non-hydrogen) atoms. The minimum Gasteiger partial charge on any atom is -0.497 e. The first-order valence-corrected chi connectivity index (χ1v) is 11.7. The fourth-order valence-corrected chi connectivity index (χ4v) is 4.69. The van der Waals surface area contributed by atoms with Crippen molar-refractivity contribution in [1.82, 2.24) is 10.2 Å². The second kappa shape index (κ2) is 10.0. The predicted molar refractivity (Wildman–Crippen MR) is 132 cm³/mol. The third-order valence-electron chi connectivity index (χ3n) is 5.64. The van der Waals surface area contributed by atoms with Gasteiger partial charge in [0.05, 0.1) is 12.8 Å². The summed E-state index contributed by atoms with van der Waals surface area (Å²) >= 11 is 1.60. The Kier molecular flexibility index (Phi) is 6.88. The van der Waals surface area contributed by atoms with Gasteiger partial charge in [-0.1, -0.05) is 54.6 Å². The SMILES string of the molecule is COc1ccc([C@]2(C)NC(=O)N(CC(=O)Nc3ccccc3SCc3ccccc3)C2=O)cc1. The third-order valence-corrected chi connectivity index (χ3v) is 6.79. The molecule has 3 aromatic rings. The predicted octanol–water partition coefficient (Wildman–Crippen LogP) is 4.39. The van der Waals surface area contributed by atoms with Crippen molar-refractivity contribution in [2.24, 2.45) is 0 Å². The average Bonchev–Trinajstić information content (AvgIpc) is 3.08. The summed E-state index contributed by atoms with van der Waals surface area (Å²) in [4.78, 5) is 40.4. The Morgan fingerprint density at radius 2 is 1.68 bits per heavy atom. The Morgan fingerprint density at radius 3 is 2.38 bits per heavy atom. The Balaban J connectivity index is 1.43. The van der Waals surface area contributed by atoms with Crippen LogP contribution in [0.2, 0.25) is 0 Å². The first-order valence-electron chi connectivity index (χ1n) is 10.7. The summed E-state index contributed by atoms with van der Waals surface area (Å²) in [5, 5.41) is 5.56. The van der Waals surface area contributed by atoms with Crippen molar-refractivity contribution in [1.29, 1.82) is 0 Å². The zero-order valence-electron chi connectivity index (χ0n) is 18.9. The molecule has 0 aliphatic carbocycles. The number of ether oxygens (including phenoxy) is 1. The summed E-state index contributed by atoms with van der Waals surface area (Å²) in [5.41, 5.74) is 1.16. The number of thioether (sulfide) groups is 1. The van der Waals surface area contributed by atoms with Crippen LogP contribution in [0.5, 0.6) is 5.75 Å². The molecule has 1 aliphatic heterocycles. The molecule has 0 saturated carbocycles. The number of methoxy groups -OCH3 is 1. The molecule has 174 valence electrons. The van der Waals surface area contributed by atoms with E-state index in [9.17, 15) is 14.4 Å². The number of carbonyl (C=O) groups is 3. The number of carbonyl (C=O) groups excluding carboxylic acids is 3. The molecule has 7 nitrogen and oxygen atoms in total. The smallest absolute Gasteiger partial charge is 0.325 e. The van der Waals surface area contributed by atoms with Crippen molar-refractivity contribution in [3.05, 3.63) is 90.0 Å². The van der Waals surface area contributed by atoms with Gasteiger partial charge in [0.25, 0.3) is 5.91 Å². The van der Waals surface area contributed by atoms with Crippen molar-refractivity contribution >= 4 is 35.3 Å². The minimum absolute atomic E-state index is 0.381. The lowest BCUT2D eigenvalue weighted by Crippen LogP contribution is -2.42. The Hall–Kier alpha value is -3.78. The van der Waals surface area contributed by atoms with Crippen molar-refractivity contribution < 1.29 is 19.1 Å². The molecule has 1 atom stereocenters. The number of hydrogen-bond donors (Lipinski definition) is 2. The van der Waals surface area contributed by atoms with Gasteiger partial charge in [-0.2, -0.15) is 0 Å². The summed E-state index contributed by atoms with van der Waals surface area (Å²) in [7, 11) is 1.55. The summed E-state index contributed by atoms with van der Waals surface area (Å²) in [6.07, 6.45) is 0. The molecule has 0 spiro atoms. The van der Waals surface area contributed by atoms with Gasteiger partial charge in [-0.05, 0) is 42.3 Å². The van der Waals surface area contributed by atoms with Crippen molar-refractivity contribution in [3.63, 3.8) is 0 Å². The first-order chi connectivity index (χ1) is 16.4. The lowest BCUT2D eigenvalue weighted by molar-refractivity contribution is -0.133. The Morgan fingerprint density at radius 1 is 1.00 bits per heavy atom. The van der Waals surface area contributed by atoms with E-state index in [0.717, 1.165) is 15.5 Å². The molecule has 2 N–H and O–H groups in total. The first kappa shape index (κ1) is 23.4. The van der Waals surface area contributed by atoms with Crippen molar-refractivity contribution in [2.75, 3.05) is 19.0 Å². The highest BCUT2D eigenvalue weighted by molar-refractivity contribution is 7.98. The molecule has 8 heteroatoms. The van der Waals surface area contributed by atoms with Crippen LogP contribution in [-0.4, -0.2) is 36.4 Å². The van der Waals surface area contributed by atoms with E-state index in [4.69, 9.17) is 4.74 Å². The van der Waals surface area contributed by atoms with Crippen LogP contribution in [-0.2, 0) is 20.9 Å². The summed E-state index contributed by atoms with van der Waals surface area (Å²) in [6.45, 7) is 1.25.